The van der Waals surface area contributed by atoms with Crippen molar-refractivity contribution in [1.82, 2.24) is 5.16 Å². The van der Waals surface area contributed by atoms with Gasteiger partial charge in [-0.05, 0) is 37.1 Å². The Morgan fingerprint density at radius 2 is 1.96 bits per heavy atom. The molecule has 0 saturated carbocycles. The highest BCUT2D eigenvalue weighted by atomic mass is 16.5. The molecular formula is C20H18N2O4. The fourth-order valence-electron chi connectivity index (χ4n) is 3.28. The van der Waals surface area contributed by atoms with Gasteiger partial charge in [-0.15, -0.1) is 0 Å². The Kier molecular flexibility index (Phi) is 4.16. The second-order valence-electron chi connectivity index (χ2n) is 6.30. The van der Waals surface area contributed by atoms with Crippen LogP contribution >= 0.6 is 0 Å². The summed E-state index contributed by atoms with van der Waals surface area (Å²) in [4.78, 5) is 26.6. The molecule has 132 valence electrons. The Balaban J connectivity index is 1.42. The maximum atomic E-state index is 12.7. The molecule has 1 atom stereocenters. The van der Waals surface area contributed by atoms with Gasteiger partial charge in [0.1, 0.15) is 5.69 Å². The molecule has 2 aromatic carbocycles. The van der Waals surface area contributed by atoms with Gasteiger partial charge >= 0.3 is 5.97 Å². The van der Waals surface area contributed by atoms with Crippen molar-refractivity contribution in [2.24, 2.45) is 0 Å². The number of benzene rings is 2. The molecule has 0 aliphatic carbocycles. The van der Waals surface area contributed by atoms with E-state index in [1.165, 1.54) is 0 Å². The molecule has 1 aliphatic heterocycles. The highest BCUT2D eigenvalue weighted by molar-refractivity contribution is 5.99. The summed E-state index contributed by atoms with van der Waals surface area (Å²) in [5, 5.41) is 4.70. The molecule has 0 radical (unpaired) electrons. The number of anilines is 1. The molecule has 1 aliphatic rings. The van der Waals surface area contributed by atoms with E-state index in [1.54, 1.807) is 17.9 Å². The number of ether oxygens (including phenoxy) is 1. The van der Waals surface area contributed by atoms with Crippen LogP contribution in [0.25, 0.3) is 11.0 Å². The third-order valence-corrected chi connectivity index (χ3v) is 4.57. The van der Waals surface area contributed by atoms with Gasteiger partial charge in [-0.2, -0.15) is 0 Å². The van der Waals surface area contributed by atoms with Crippen LogP contribution in [0, 0.1) is 0 Å². The van der Waals surface area contributed by atoms with E-state index in [-0.39, 0.29) is 12.3 Å². The molecule has 26 heavy (non-hydrogen) atoms. The Bertz CT molecular complexity index is 979. The monoisotopic (exact) mass is 350 g/mol. The molecule has 4 rings (SSSR count). The molecule has 0 N–H and O–H groups in total. The van der Waals surface area contributed by atoms with Crippen LogP contribution in [-0.2, 0) is 27.2 Å². The number of amides is 1. The van der Waals surface area contributed by atoms with Crippen LogP contribution in [0.5, 0.6) is 0 Å². The van der Waals surface area contributed by atoms with Gasteiger partial charge in [0.2, 0.25) is 0 Å². The summed E-state index contributed by atoms with van der Waals surface area (Å²) in [5.41, 5.74) is 3.15. The van der Waals surface area contributed by atoms with E-state index in [0.717, 1.165) is 23.1 Å². The van der Waals surface area contributed by atoms with Crippen molar-refractivity contribution in [3.8, 4) is 0 Å². The molecule has 2 heterocycles. The molecule has 0 saturated heterocycles. The standard InChI is InChI=1S/C20H18N2O4/c1-13(20(24)22-11-10-14-6-2-4-8-17(14)22)25-19(23)12-16-15-7-3-5-9-18(15)26-21-16/h2-9,13H,10-12H2,1H3. The molecule has 1 unspecified atom stereocenters. The van der Waals surface area contributed by atoms with Crippen molar-refractivity contribution in [2.75, 3.05) is 11.4 Å². The highest BCUT2D eigenvalue weighted by Gasteiger charge is 2.30. The number of fused-ring (bicyclic) bond motifs is 2. The Labute approximate surface area is 150 Å². The zero-order valence-corrected chi connectivity index (χ0v) is 14.3. The smallest absolute Gasteiger partial charge is 0.312 e. The molecule has 0 spiro atoms. The topological polar surface area (TPSA) is 72.6 Å². The van der Waals surface area contributed by atoms with Crippen molar-refractivity contribution in [2.45, 2.75) is 25.9 Å². The number of carbonyl (C=O) groups excluding carboxylic acids is 2. The summed E-state index contributed by atoms with van der Waals surface area (Å²) in [5.74, 6) is -0.717. The number of rotatable bonds is 4. The zero-order valence-electron chi connectivity index (χ0n) is 14.3. The molecule has 6 nitrogen and oxygen atoms in total. The van der Waals surface area contributed by atoms with Crippen LogP contribution in [0.1, 0.15) is 18.2 Å². The lowest BCUT2D eigenvalue weighted by atomic mass is 10.2. The van der Waals surface area contributed by atoms with Gasteiger partial charge in [0, 0.05) is 17.6 Å². The fraction of sp³-hybridized carbons (Fsp3) is 0.250. The van der Waals surface area contributed by atoms with Crippen LogP contribution in [-0.4, -0.2) is 29.7 Å². The van der Waals surface area contributed by atoms with Crippen LogP contribution in [0.4, 0.5) is 5.69 Å². The Morgan fingerprint density at radius 3 is 2.85 bits per heavy atom. The van der Waals surface area contributed by atoms with Gasteiger partial charge in [0.25, 0.3) is 5.91 Å². The number of aromatic nitrogens is 1. The number of nitrogens with zero attached hydrogens (tertiary/aromatic N) is 2. The Hall–Kier alpha value is -3.15. The zero-order chi connectivity index (χ0) is 18.1. The number of para-hydroxylation sites is 2. The van der Waals surface area contributed by atoms with E-state index in [4.69, 9.17) is 9.26 Å². The van der Waals surface area contributed by atoms with Crippen molar-refractivity contribution < 1.29 is 18.8 Å². The fourth-order valence-corrected chi connectivity index (χ4v) is 3.28. The molecule has 1 aromatic heterocycles. The SMILES string of the molecule is CC(OC(=O)Cc1noc2ccccc12)C(=O)N1CCc2ccccc21. The van der Waals surface area contributed by atoms with E-state index in [9.17, 15) is 9.59 Å². The lowest BCUT2D eigenvalue weighted by molar-refractivity contribution is -0.153. The molecule has 0 bridgehead atoms. The summed E-state index contributed by atoms with van der Waals surface area (Å²) < 4.78 is 10.5. The molecule has 0 fully saturated rings. The van der Waals surface area contributed by atoms with Gasteiger partial charge < -0.3 is 14.2 Å². The van der Waals surface area contributed by atoms with E-state index < -0.39 is 12.1 Å². The van der Waals surface area contributed by atoms with Crippen molar-refractivity contribution in [1.29, 1.82) is 0 Å². The lowest BCUT2D eigenvalue weighted by Gasteiger charge is -2.21. The van der Waals surface area contributed by atoms with Gasteiger partial charge in [0.05, 0.1) is 6.42 Å². The number of esters is 1. The maximum absolute atomic E-state index is 12.7. The van der Waals surface area contributed by atoms with Crippen LogP contribution in [0.3, 0.4) is 0 Å². The molecule has 6 heteroatoms. The average Bonchev–Trinajstić information content (AvgIpc) is 3.25. The number of carbonyl (C=O) groups is 2. The van der Waals surface area contributed by atoms with E-state index in [0.29, 0.717) is 17.8 Å². The quantitative estimate of drug-likeness (QED) is 0.677. The second-order valence-corrected chi connectivity index (χ2v) is 6.30. The van der Waals surface area contributed by atoms with Gasteiger partial charge in [-0.1, -0.05) is 35.5 Å². The average molecular weight is 350 g/mol. The third-order valence-electron chi connectivity index (χ3n) is 4.57. The molecule has 3 aromatic rings. The first-order valence-electron chi connectivity index (χ1n) is 8.55. The predicted octanol–water partition coefficient (Wildman–Crippen LogP) is 2.89. The maximum Gasteiger partial charge on any atom is 0.312 e. The summed E-state index contributed by atoms with van der Waals surface area (Å²) in [6.07, 6.45) is -0.0783. The third kappa shape index (κ3) is 2.94. The number of hydrogen-bond acceptors (Lipinski definition) is 5. The predicted molar refractivity (Wildman–Crippen MR) is 95.8 cm³/mol. The number of hydrogen-bond donors (Lipinski definition) is 0. The largest absolute Gasteiger partial charge is 0.452 e. The van der Waals surface area contributed by atoms with Crippen LogP contribution in [0.15, 0.2) is 53.1 Å². The van der Waals surface area contributed by atoms with Crippen molar-refractivity contribution >= 4 is 28.5 Å². The molecule has 1 amide bonds. The summed E-state index contributed by atoms with van der Waals surface area (Å²) in [7, 11) is 0. The minimum absolute atomic E-state index is 0.0365. The van der Waals surface area contributed by atoms with E-state index in [2.05, 4.69) is 5.16 Å². The van der Waals surface area contributed by atoms with E-state index in [1.807, 2.05) is 42.5 Å². The minimum Gasteiger partial charge on any atom is -0.452 e. The van der Waals surface area contributed by atoms with Gasteiger partial charge in [-0.25, -0.2) is 0 Å². The van der Waals surface area contributed by atoms with Crippen LogP contribution < -0.4 is 4.90 Å². The van der Waals surface area contributed by atoms with Crippen molar-refractivity contribution in [3.05, 3.63) is 59.8 Å². The van der Waals surface area contributed by atoms with Gasteiger partial charge in [-0.3, -0.25) is 9.59 Å². The first kappa shape index (κ1) is 16.3. The normalized spacial score (nSPS) is 14.3. The summed E-state index contributed by atoms with van der Waals surface area (Å²) in [6, 6.07) is 15.1. The van der Waals surface area contributed by atoms with E-state index >= 15 is 0 Å². The Morgan fingerprint density at radius 1 is 1.19 bits per heavy atom. The first-order valence-corrected chi connectivity index (χ1v) is 8.55. The lowest BCUT2D eigenvalue weighted by Crippen LogP contribution is -2.39. The second kappa shape index (κ2) is 6.63. The summed E-state index contributed by atoms with van der Waals surface area (Å²) >= 11 is 0. The highest BCUT2D eigenvalue weighted by Crippen LogP contribution is 2.28. The first-order chi connectivity index (χ1) is 12.6. The summed E-state index contributed by atoms with van der Waals surface area (Å²) in [6.45, 7) is 2.20. The molecular weight excluding hydrogens is 332 g/mol. The van der Waals surface area contributed by atoms with Gasteiger partial charge in [0.15, 0.2) is 11.7 Å². The van der Waals surface area contributed by atoms with Crippen LogP contribution in [0.2, 0.25) is 0 Å². The minimum atomic E-state index is -0.855. The van der Waals surface area contributed by atoms with Crippen molar-refractivity contribution in [3.63, 3.8) is 0 Å².